The topological polar surface area (TPSA) is 104 Å². The van der Waals surface area contributed by atoms with Crippen LogP contribution in [0.3, 0.4) is 0 Å². The van der Waals surface area contributed by atoms with Gasteiger partial charge in [-0.2, -0.15) is 26.3 Å². The largest absolute Gasteiger partial charge is 0.508 e. The summed E-state index contributed by atoms with van der Waals surface area (Å²) in [5, 5.41) is 31.4. The van der Waals surface area contributed by atoms with E-state index in [1.165, 1.54) is 18.5 Å². The zero-order chi connectivity index (χ0) is 27.8. The fourth-order valence-corrected chi connectivity index (χ4v) is 3.20. The van der Waals surface area contributed by atoms with Crippen molar-refractivity contribution in [2.75, 3.05) is 6.38 Å². The van der Waals surface area contributed by atoms with Crippen LogP contribution in [0.4, 0.5) is 26.3 Å². The predicted molar refractivity (Wildman–Crippen MR) is 134 cm³/mol. The molecule has 38 heavy (non-hydrogen) atoms. The second-order valence-corrected chi connectivity index (χ2v) is 7.26. The van der Waals surface area contributed by atoms with E-state index in [0.717, 1.165) is 12.1 Å². The first-order valence-corrected chi connectivity index (χ1v) is 11.2. The van der Waals surface area contributed by atoms with E-state index in [-0.39, 0.29) is 49.3 Å². The molecule has 0 aliphatic heterocycles. The fraction of sp³-hybridized carbons (Fsp3) is 0.440. The first kappa shape index (κ1) is 37.0. The molecule has 2 aromatic carbocycles. The Morgan fingerprint density at radius 1 is 0.868 bits per heavy atom. The van der Waals surface area contributed by atoms with E-state index in [1.54, 1.807) is 6.92 Å². The van der Waals surface area contributed by atoms with E-state index < -0.39 is 35.1 Å². The van der Waals surface area contributed by atoms with E-state index in [0.29, 0.717) is 24.8 Å². The van der Waals surface area contributed by atoms with Gasteiger partial charge in [-0.1, -0.05) is 46.7 Å². The highest BCUT2D eigenvalue weighted by Gasteiger charge is 2.41. The van der Waals surface area contributed by atoms with Crippen molar-refractivity contribution in [2.24, 2.45) is 0 Å². The number of ketones is 1. The predicted octanol–water partition coefficient (Wildman–Crippen LogP) is 8.43. The van der Waals surface area contributed by atoms with Gasteiger partial charge in [0.1, 0.15) is 17.2 Å². The summed E-state index contributed by atoms with van der Waals surface area (Å²) in [5.41, 5.74) is -1.54. The lowest BCUT2D eigenvalue weighted by Crippen LogP contribution is -2.23. The van der Waals surface area contributed by atoms with Crippen LogP contribution in [-0.4, -0.2) is 38.8 Å². The molecular weight excluding hydrogens is 544 g/mol. The maximum Gasteiger partial charge on any atom is 0.455 e. The summed E-state index contributed by atoms with van der Waals surface area (Å²) in [6, 6.07) is 4.15. The van der Waals surface area contributed by atoms with Gasteiger partial charge in [0.15, 0.2) is 11.3 Å². The third-order valence-corrected chi connectivity index (χ3v) is 4.75. The Balaban J connectivity index is 0. The number of rotatable bonds is 5. The van der Waals surface area contributed by atoms with Crippen LogP contribution in [0.2, 0.25) is 0 Å². The van der Waals surface area contributed by atoms with Crippen LogP contribution in [-0.2, 0) is 19.0 Å². The monoisotopic (exact) mass is 575 g/mol. The molecule has 1 aromatic heterocycles. The molecule has 0 amide bonds. The van der Waals surface area contributed by atoms with Crippen LogP contribution >= 0.6 is 11.6 Å². The molecule has 0 atom stereocenters. The zero-order valence-corrected chi connectivity index (χ0v) is 20.1. The van der Waals surface area contributed by atoms with Crippen molar-refractivity contribution in [3.63, 3.8) is 0 Å². The lowest BCUT2D eigenvalue weighted by molar-refractivity contribution is -0.141. The number of hydrogen-bond acceptors (Lipinski definition) is 6. The van der Waals surface area contributed by atoms with E-state index >= 15 is 0 Å². The van der Waals surface area contributed by atoms with Gasteiger partial charge in [0.25, 0.3) is 5.78 Å². The minimum absolute atomic E-state index is 0. The number of phenols is 3. The van der Waals surface area contributed by atoms with E-state index in [1.807, 2.05) is 6.92 Å². The first-order chi connectivity index (χ1) is 16.7. The highest BCUT2D eigenvalue weighted by molar-refractivity contribution is 6.15. The number of phenolic OH excluding ortho intramolecular Hbond substituents is 3. The van der Waals surface area contributed by atoms with Crippen molar-refractivity contribution >= 4 is 28.4 Å². The van der Waals surface area contributed by atoms with Crippen molar-refractivity contribution in [3.8, 4) is 17.2 Å². The average Bonchev–Trinajstić information content (AvgIpc) is 3.24. The smallest absolute Gasteiger partial charge is 0.455 e. The summed E-state index contributed by atoms with van der Waals surface area (Å²) in [4.78, 5) is 11.0. The Labute approximate surface area is 221 Å². The average molecular weight is 576 g/mol. The van der Waals surface area contributed by atoms with Crippen molar-refractivity contribution in [3.05, 3.63) is 46.6 Å². The molecule has 1 heterocycles. The third-order valence-electron chi connectivity index (χ3n) is 4.75. The number of aryl methyl sites for hydroxylation is 1. The van der Waals surface area contributed by atoms with E-state index in [9.17, 15) is 46.5 Å². The molecule has 0 spiro atoms. The van der Waals surface area contributed by atoms with Gasteiger partial charge in [-0.3, -0.25) is 4.79 Å². The van der Waals surface area contributed by atoms with Crippen molar-refractivity contribution < 1.29 is 51.0 Å². The van der Waals surface area contributed by atoms with Gasteiger partial charge in [0.05, 0.1) is 10.9 Å². The number of benzene rings is 2. The number of nitrogens with zero attached hydrogens (tertiary/aromatic N) is 1. The maximum absolute atomic E-state index is 12.6. The number of carbonyl (C=O) groups excluding carboxylic acids is 1. The molecule has 0 unspecified atom stereocenters. The van der Waals surface area contributed by atoms with Crippen LogP contribution in [0, 0.1) is 0 Å². The molecule has 3 N–H and O–H groups in total. The molecule has 0 saturated carbocycles. The Kier molecular flexibility index (Phi) is 14.9. The Morgan fingerprint density at radius 3 is 1.82 bits per heavy atom. The minimum atomic E-state index is -5.04. The lowest BCUT2D eigenvalue weighted by Gasteiger charge is -2.11. The summed E-state index contributed by atoms with van der Waals surface area (Å²) in [5.74, 6) is -3.30. The van der Waals surface area contributed by atoms with E-state index in [2.05, 4.69) is 16.8 Å². The second-order valence-electron chi connectivity index (χ2n) is 7.26. The Bertz CT molecular complexity index is 1180. The molecule has 0 fully saturated rings. The molecule has 3 rings (SSSR count). The molecule has 13 heteroatoms. The Hall–Kier alpha value is -3.15. The summed E-state index contributed by atoms with van der Waals surface area (Å²) in [6.07, 6.45) is -6.28. The highest BCUT2D eigenvalue weighted by atomic mass is 35.5. The number of fused-ring (bicyclic) bond motifs is 1. The molecule has 6 nitrogen and oxygen atoms in total. The molecule has 0 aliphatic rings. The van der Waals surface area contributed by atoms with Gasteiger partial charge >= 0.3 is 12.4 Å². The van der Waals surface area contributed by atoms with Gasteiger partial charge in [0, 0.05) is 17.5 Å². The maximum atomic E-state index is 12.6. The normalized spacial score (nSPS) is 10.8. The minimum Gasteiger partial charge on any atom is -0.508 e. The molecule has 3 aromatic rings. The summed E-state index contributed by atoms with van der Waals surface area (Å²) >= 11 is 4.64. The van der Waals surface area contributed by atoms with Crippen molar-refractivity contribution in [2.45, 2.75) is 66.7 Å². The molecule has 0 saturated heterocycles. The van der Waals surface area contributed by atoms with Crippen LogP contribution in [0.1, 0.15) is 68.7 Å². The van der Waals surface area contributed by atoms with Gasteiger partial charge in [-0.05, 0) is 37.1 Å². The Morgan fingerprint density at radius 2 is 1.34 bits per heavy atom. The van der Waals surface area contributed by atoms with E-state index in [4.69, 9.17) is 4.52 Å². The van der Waals surface area contributed by atoms with Crippen LogP contribution < -0.4 is 0 Å². The number of aromatic hydroxyl groups is 3. The number of carbonyl (C=O) groups is 1. The highest BCUT2D eigenvalue weighted by Crippen LogP contribution is 2.38. The van der Waals surface area contributed by atoms with Gasteiger partial charge in [-0.15, -0.1) is 11.6 Å². The molecule has 0 radical (unpaired) electrons. The molecular formula is C25H32ClF6NO5. The molecule has 0 bridgehead atoms. The second kappa shape index (κ2) is 15.3. The summed E-state index contributed by atoms with van der Waals surface area (Å²) in [6.45, 7) is 3.59. The van der Waals surface area contributed by atoms with Crippen LogP contribution in [0.25, 0.3) is 11.0 Å². The third kappa shape index (κ3) is 8.71. The number of Topliss-reactive ketones (excluding diaryl/α,β-unsaturated/α-hetero) is 1. The number of alkyl halides is 7. The van der Waals surface area contributed by atoms with Crippen LogP contribution in [0.5, 0.6) is 17.2 Å². The molecule has 216 valence electrons. The number of hydrogen-bond donors (Lipinski definition) is 3. The lowest BCUT2D eigenvalue weighted by atomic mass is 10.0. The zero-order valence-electron chi connectivity index (χ0n) is 19.4. The SMILES string of the molecule is C.C.CCCc1c(O)ccc(C(=O)C(F)(F)F)c1O.CCCc1c(O)ccc2c(C(F)(F)F)noc12.CCl. The fourth-order valence-electron chi connectivity index (χ4n) is 3.20. The summed E-state index contributed by atoms with van der Waals surface area (Å²) < 4.78 is 79.1. The van der Waals surface area contributed by atoms with Gasteiger partial charge in [-0.25, -0.2) is 0 Å². The first-order valence-electron chi connectivity index (χ1n) is 10.4. The van der Waals surface area contributed by atoms with Crippen molar-refractivity contribution in [1.82, 2.24) is 5.16 Å². The van der Waals surface area contributed by atoms with Crippen molar-refractivity contribution in [1.29, 1.82) is 0 Å². The standard InChI is InChI=1S/C11H10F3NO2.C11H11F3O3.CH3Cl.2CH4/c1-2-3-6-8(16)5-4-7-9(6)17-15-10(7)11(12,13)14;1-2-3-6-8(15)5-4-7(9(6)16)10(17)11(12,13)14;1-2;;/h4-5,16H,2-3H2,1H3;4-5,15-16H,2-3H2,1H3;1H3;2*1H4. The number of aromatic nitrogens is 1. The number of halogens is 7. The van der Waals surface area contributed by atoms with Crippen LogP contribution in [0.15, 0.2) is 28.8 Å². The summed E-state index contributed by atoms with van der Waals surface area (Å²) in [7, 11) is 0. The quantitative estimate of drug-likeness (QED) is 0.160. The van der Waals surface area contributed by atoms with Gasteiger partial charge in [0.2, 0.25) is 0 Å². The van der Waals surface area contributed by atoms with Gasteiger partial charge < -0.3 is 19.8 Å². The molecule has 0 aliphatic carbocycles.